The van der Waals surface area contributed by atoms with Gasteiger partial charge in [-0.2, -0.15) is 13.2 Å². The van der Waals surface area contributed by atoms with Gasteiger partial charge in [0, 0.05) is 53.0 Å². The molecule has 0 spiro atoms. The molecule has 28 heavy (non-hydrogen) atoms. The Morgan fingerprint density at radius 3 is 2.57 bits per heavy atom. The van der Waals surface area contributed by atoms with Crippen LogP contribution in [-0.2, 0) is 0 Å². The van der Waals surface area contributed by atoms with Crippen LogP contribution in [0, 0.1) is 0 Å². The van der Waals surface area contributed by atoms with Gasteiger partial charge in [0.25, 0.3) is 5.91 Å². The zero-order valence-corrected chi connectivity index (χ0v) is 15.4. The number of aliphatic imine (C=N–C) groups is 1. The SMILES string of the molecule is CN=C(C=C(N)C(F)(F)F)NC(=O)c1ccc2cc(C(C=S)=CN)cnc2c1. The number of rotatable bonds is 4. The van der Waals surface area contributed by atoms with Crippen molar-refractivity contribution < 1.29 is 18.0 Å². The lowest BCUT2D eigenvalue weighted by atomic mass is 10.1. The van der Waals surface area contributed by atoms with Gasteiger partial charge >= 0.3 is 6.18 Å². The molecule has 0 atom stereocenters. The number of nitrogens with one attached hydrogen (secondary N) is 1. The van der Waals surface area contributed by atoms with Crippen LogP contribution in [0.4, 0.5) is 13.2 Å². The van der Waals surface area contributed by atoms with Crippen molar-refractivity contribution in [3.63, 3.8) is 0 Å². The lowest BCUT2D eigenvalue weighted by Gasteiger charge is -2.09. The molecule has 0 aliphatic heterocycles. The summed E-state index contributed by atoms with van der Waals surface area (Å²) in [6, 6.07) is 6.47. The summed E-state index contributed by atoms with van der Waals surface area (Å²) in [5.41, 5.74) is 11.1. The third kappa shape index (κ3) is 4.92. The van der Waals surface area contributed by atoms with Gasteiger partial charge in [0.2, 0.25) is 0 Å². The number of nitrogens with zero attached hydrogens (tertiary/aromatic N) is 2. The average Bonchev–Trinajstić information content (AvgIpc) is 2.66. The molecule has 0 bridgehead atoms. The van der Waals surface area contributed by atoms with Gasteiger partial charge in [-0.15, -0.1) is 0 Å². The largest absolute Gasteiger partial charge is 0.430 e. The molecule has 0 fully saturated rings. The highest BCUT2D eigenvalue weighted by molar-refractivity contribution is 7.79. The number of benzene rings is 1. The monoisotopic (exact) mass is 407 g/mol. The van der Waals surface area contributed by atoms with E-state index in [1.807, 2.05) is 0 Å². The van der Waals surface area contributed by atoms with Gasteiger partial charge in [0.15, 0.2) is 0 Å². The second-order valence-electron chi connectivity index (χ2n) is 5.53. The highest BCUT2D eigenvalue weighted by Crippen LogP contribution is 2.21. The Morgan fingerprint density at radius 2 is 2.00 bits per heavy atom. The Kier molecular flexibility index (Phi) is 6.47. The van der Waals surface area contributed by atoms with Crippen LogP contribution in [0.2, 0.25) is 0 Å². The summed E-state index contributed by atoms with van der Waals surface area (Å²) in [5, 5.41) is 4.44. The number of carbonyl (C=O) groups is 1. The van der Waals surface area contributed by atoms with Crippen LogP contribution in [0.1, 0.15) is 15.9 Å². The normalized spacial score (nSPS) is 13.5. The van der Waals surface area contributed by atoms with Crippen LogP contribution in [0.25, 0.3) is 16.5 Å². The fourth-order valence-electron chi connectivity index (χ4n) is 2.20. The summed E-state index contributed by atoms with van der Waals surface area (Å²) in [7, 11) is 1.23. The van der Waals surface area contributed by atoms with E-state index in [0.29, 0.717) is 17.2 Å². The minimum atomic E-state index is -4.72. The fourth-order valence-corrected chi connectivity index (χ4v) is 2.41. The summed E-state index contributed by atoms with van der Waals surface area (Å²) in [6.07, 6.45) is -1.25. The van der Waals surface area contributed by atoms with Crippen LogP contribution in [0.15, 0.2) is 53.4 Å². The summed E-state index contributed by atoms with van der Waals surface area (Å²) in [5.74, 6) is -0.969. The summed E-state index contributed by atoms with van der Waals surface area (Å²) >= 11 is 4.89. The molecule has 0 unspecified atom stereocenters. The van der Waals surface area contributed by atoms with Crippen LogP contribution in [-0.4, -0.2) is 35.3 Å². The smallest absolute Gasteiger partial charge is 0.404 e. The van der Waals surface area contributed by atoms with Gasteiger partial charge in [-0.25, -0.2) is 0 Å². The molecule has 2 rings (SSSR count). The van der Waals surface area contributed by atoms with E-state index in [0.717, 1.165) is 10.9 Å². The Morgan fingerprint density at radius 1 is 1.29 bits per heavy atom. The predicted molar refractivity (Wildman–Crippen MR) is 107 cm³/mol. The van der Waals surface area contributed by atoms with Crippen LogP contribution in [0.3, 0.4) is 0 Å². The molecule has 5 N–H and O–H groups in total. The van der Waals surface area contributed by atoms with Gasteiger partial charge in [0.1, 0.15) is 11.5 Å². The Bertz CT molecular complexity index is 1010. The van der Waals surface area contributed by atoms with Gasteiger partial charge in [-0.3, -0.25) is 14.8 Å². The summed E-state index contributed by atoms with van der Waals surface area (Å²) in [4.78, 5) is 20.2. The number of hydrogen-bond donors (Lipinski definition) is 3. The maximum Gasteiger partial charge on any atom is 0.430 e. The number of aromatic nitrogens is 1. The van der Waals surface area contributed by atoms with E-state index in [1.165, 1.54) is 30.7 Å². The first-order chi connectivity index (χ1) is 13.2. The molecule has 1 heterocycles. The molecule has 0 radical (unpaired) electrons. The second-order valence-corrected chi connectivity index (χ2v) is 5.77. The third-order valence-electron chi connectivity index (χ3n) is 3.69. The van der Waals surface area contributed by atoms with Gasteiger partial charge in [-0.05, 0) is 18.2 Å². The quantitative estimate of drug-likeness (QED) is 0.313. The third-order valence-corrected chi connectivity index (χ3v) is 3.94. The minimum Gasteiger partial charge on any atom is -0.404 e. The van der Waals surface area contributed by atoms with Crippen molar-refractivity contribution in [2.24, 2.45) is 16.5 Å². The standard InChI is InChI=1S/C18H16F3N5OS/c1-24-16(6-15(23)18(19,20)21)26-17(27)11-3-2-10-4-12(13(7-22)9-28)8-25-14(10)5-11/h2-9H,22-23H2,1H3,(H,24,26,27). The highest BCUT2D eigenvalue weighted by atomic mass is 32.1. The van der Waals surface area contributed by atoms with E-state index in [9.17, 15) is 18.0 Å². The zero-order valence-electron chi connectivity index (χ0n) is 14.6. The minimum absolute atomic E-state index is 0.192. The molecule has 0 aliphatic carbocycles. The first kappa shape index (κ1) is 21.0. The second kappa shape index (κ2) is 8.61. The predicted octanol–water partition coefficient (Wildman–Crippen LogP) is 2.70. The number of carbonyl (C=O) groups excluding carboxylic acids is 1. The molecule has 0 saturated heterocycles. The van der Waals surface area contributed by atoms with Gasteiger partial charge < -0.3 is 16.8 Å². The van der Waals surface area contributed by atoms with Gasteiger partial charge in [-0.1, -0.05) is 18.3 Å². The number of thiocarbonyl (C=S) groups is 1. The highest BCUT2D eigenvalue weighted by Gasteiger charge is 2.31. The number of allylic oxidation sites excluding steroid dienone is 2. The number of pyridine rings is 1. The van der Waals surface area contributed by atoms with E-state index < -0.39 is 17.8 Å². The molecule has 0 saturated carbocycles. The number of amidine groups is 1. The molecular formula is C18H16F3N5OS. The van der Waals surface area contributed by atoms with Crippen molar-refractivity contribution in [2.45, 2.75) is 6.18 Å². The van der Waals surface area contributed by atoms with Crippen molar-refractivity contribution in [1.29, 1.82) is 0 Å². The topological polar surface area (TPSA) is 106 Å². The summed E-state index contributed by atoms with van der Waals surface area (Å²) in [6.45, 7) is 0. The molecular weight excluding hydrogens is 391 g/mol. The maximum atomic E-state index is 12.5. The number of halogens is 3. The van der Waals surface area contributed by atoms with Crippen molar-refractivity contribution in [1.82, 2.24) is 10.3 Å². The maximum absolute atomic E-state index is 12.5. The molecule has 6 nitrogen and oxygen atoms in total. The van der Waals surface area contributed by atoms with Crippen LogP contribution < -0.4 is 16.8 Å². The van der Waals surface area contributed by atoms with Crippen LogP contribution >= 0.6 is 12.2 Å². The van der Waals surface area contributed by atoms with Crippen molar-refractivity contribution >= 4 is 45.8 Å². The number of hydrogen-bond acceptors (Lipinski definition) is 6. The fraction of sp³-hybridized carbons (Fsp3) is 0.111. The number of nitrogens with two attached hydrogens (primary N) is 2. The molecule has 0 aliphatic rings. The van der Waals surface area contributed by atoms with Crippen molar-refractivity contribution in [2.75, 3.05) is 7.05 Å². The first-order valence-corrected chi connectivity index (χ1v) is 8.26. The zero-order chi connectivity index (χ0) is 20.9. The average molecular weight is 407 g/mol. The van der Waals surface area contributed by atoms with E-state index in [-0.39, 0.29) is 11.4 Å². The molecule has 1 aromatic carbocycles. The molecule has 146 valence electrons. The molecule has 2 aromatic rings. The van der Waals surface area contributed by atoms with Crippen LogP contribution in [0.5, 0.6) is 0 Å². The summed E-state index contributed by atoms with van der Waals surface area (Å²) < 4.78 is 37.6. The lowest BCUT2D eigenvalue weighted by molar-refractivity contribution is -0.0925. The van der Waals surface area contributed by atoms with E-state index >= 15 is 0 Å². The van der Waals surface area contributed by atoms with E-state index in [2.05, 4.69) is 15.3 Å². The van der Waals surface area contributed by atoms with E-state index in [4.69, 9.17) is 23.7 Å². The molecule has 10 heteroatoms. The number of amides is 1. The van der Waals surface area contributed by atoms with Crippen molar-refractivity contribution in [3.05, 3.63) is 59.6 Å². The van der Waals surface area contributed by atoms with E-state index in [1.54, 1.807) is 18.3 Å². The van der Waals surface area contributed by atoms with Crippen molar-refractivity contribution in [3.8, 4) is 0 Å². The first-order valence-electron chi connectivity index (χ1n) is 7.79. The Hall–Kier alpha value is -3.27. The number of alkyl halides is 3. The Labute approximate surface area is 163 Å². The van der Waals surface area contributed by atoms with Gasteiger partial charge in [0.05, 0.1) is 5.52 Å². The molecule has 1 amide bonds. The Balaban J connectivity index is 2.29. The molecule has 1 aromatic heterocycles. The lowest BCUT2D eigenvalue weighted by Crippen LogP contribution is -2.31. The number of fused-ring (bicyclic) bond motifs is 1.